The number of benzene rings is 2. The van der Waals surface area contributed by atoms with Gasteiger partial charge in [-0.15, -0.1) is 0 Å². The van der Waals surface area contributed by atoms with E-state index in [9.17, 15) is 19.2 Å². The van der Waals surface area contributed by atoms with Crippen LogP contribution in [0.2, 0.25) is 0 Å². The van der Waals surface area contributed by atoms with E-state index in [0.717, 1.165) is 11.1 Å². The van der Waals surface area contributed by atoms with Crippen molar-refractivity contribution in [3.05, 3.63) is 58.7 Å². The van der Waals surface area contributed by atoms with Crippen molar-refractivity contribution >= 4 is 23.6 Å². The maximum Gasteiger partial charge on any atom is 0.261 e. The summed E-state index contributed by atoms with van der Waals surface area (Å²) in [6.45, 7) is 4.16. The first-order chi connectivity index (χ1) is 12.5. The average Bonchev–Trinajstić information content (AvgIpc) is 3.05. The summed E-state index contributed by atoms with van der Waals surface area (Å²) in [5, 5.41) is 0. The van der Waals surface area contributed by atoms with E-state index in [1.165, 1.54) is 9.80 Å². The lowest BCUT2D eigenvalue weighted by molar-refractivity contribution is 0.0647. The van der Waals surface area contributed by atoms with E-state index in [1.54, 1.807) is 50.2 Å². The van der Waals surface area contributed by atoms with Crippen LogP contribution >= 0.6 is 0 Å². The molecule has 0 N–H and O–H groups in total. The van der Waals surface area contributed by atoms with E-state index in [2.05, 4.69) is 0 Å². The number of hydrogen-bond acceptors (Lipinski definition) is 4. The normalized spacial score (nSPS) is 15.8. The van der Waals surface area contributed by atoms with Gasteiger partial charge in [0, 0.05) is 13.1 Å². The zero-order valence-corrected chi connectivity index (χ0v) is 14.4. The van der Waals surface area contributed by atoms with Crippen molar-refractivity contribution in [2.75, 3.05) is 13.1 Å². The lowest BCUT2D eigenvalue weighted by atomic mass is 9.97. The molecule has 0 saturated carbocycles. The predicted molar refractivity (Wildman–Crippen MR) is 94.0 cm³/mol. The van der Waals surface area contributed by atoms with Crippen molar-refractivity contribution in [2.24, 2.45) is 0 Å². The quantitative estimate of drug-likeness (QED) is 0.799. The van der Waals surface area contributed by atoms with Crippen LogP contribution in [0, 0.1) is 0 Å². The molecule has 0 spiro atoms. The smallest absolute Gasteiger partial charge is 0.261 e. The molecule has 6 nitrogen and oxygen atoms in total. The number of carbonyl (C=O) groups excluding carboxylic acids is 4. The standard InChI is InChI=1S/C20H16N2O4/c1-3-21-17(23)13-7-5-11(9-15(13)19(21)25)12-6-8-14-16(10-12)20(26)22(4-2)18(14)24/h5-10H,3-4H2,1-2H3. The van der Waals surface area contributed by atoms with Crippen LogP contribution in [0.1, 0.15) is 55.3 Å². The van der Waals surface area contributed by atoms with Gasteiger partial charge in [-0.2, -0.15) is 0 Å². The van der Waals surface area contributed by atoms with Crippen LogP contribution in [-0.4, -0.2) is 46.5 Å². The molecule has 2 aromatic carbocycles. The molecule has 0 aliphatic carbocycles. The molecule has 0 saturated heterocycles. The molecule has 130 valence electrons. The second kappa shape index (κ2) is 5.62. The third-order valence-electron chi connectivity index (χ3n) is 4.91. The minimum Gasteiger partial charge on any atom is -0.275 e. The Morgan fingerprint density at radius 2 is 0.923 bits per heavy atom. The number of nitrogens with zero attached hydrogens (tertiary/aromatic N) is 2. The number of amides is 4. The molecule has 0 unspecified atom stereocenters. The monoisotopic (exact) mass is 348 g/mol. The number of hydrogen-bond donors (Lipinski definition) is 0. The summed E-state index contributed by atoms with van der Waals surface area (Å²) in [5.41, 5.74) is 2.97. The maximum absolute atomic E-state index is 12.4. The molecule has 2 heterocycles. The molecule has 0 atom stereocenters. The van der Waals surface area contributed by atoms with Crippen molar-refractivity contribution in [1.82, 2.24) is 9.80 Å². The minimum atomic E-state index is -0.307. The topological polar surface area (TPSA) is 74.8 Å². The number of imide groups is 2. The van der Waals surface area contributed by atoms with Gasteiger partial charge in [-0.3, -0.25) is 29.0 Å². The molecule has 4 amide bonds. The number of fused-ring (bicyclic) bond motifs is 2. The highest BCUT2D eigenvalue weighted by Crippen LogP contribution is 2.31. The lowest BCUT2D eigenvalue weighted by Crippen LogP contribution is -2.29. The zero-order valence-electron chi connectivity index (χ0n) is 14.4. The van der Waals surface area contributed by atoms with E-state index >= 15 is 0 Å². The fourth-order valence-electron chi connectivity index (χ4n) is 3.51. The molecule has 2 aliphatic heterocycles. The molecule has 0 fully saturated rings. The van der Waals surface area contributed by atoms with Crippen molar-refractivity contribution in [3.63, 3.8) is 0 Å². The number of rotatable bonds is 3. The van der Waals surface area contributed by atoms with Crippen molar-refractivity contribution in [1.29, 1.82) is 0 Å². The van der Waals surface area contributed by atoms with Gasteiger partial charge in [0.15, 0.2) is 0 Å². The zero-order chi connectivity index (χ0) is 18.6. The first-order valence-electron chi connectivity index (χ1n) is 8.48. The van der Waals surface area contributed by atoms with E-state index in [4.69, 9.17) is 0 Å². The Morgan fingerprint density at radius 3 is 1.27 bits per heavy atom. The molecule has 26 heavy (non-hydrogen) atoms. The average molecular weight is 348 g/mol. The van der Waals surface area contributed by atoms with Crippen molar-refractivity contribution in [3.8, 4) is 11.1 Å². The van der Waals surface area contributed by atoms with E-state index in [0.29, 0.717) is 35.3 Å². The molecular formula is C20H16N2O4. The van der Waals surface area contributed by atoms with Gasteiger partial charge < -0.3 is 0 Å². The van der Waals surface area contributed by atoms with Gasteiger partial charge in [0.1, 0.15) is 0 Å². The van der Waals surface area contributed by atoms with Crippen LogP contribution in [-0.2, 0) is 0 Å². The summed E-state index contributed by atoms with van der Waals surface area (Å²) in [7, 11) is 0. The van der Waals surface area contributed by atoms with Gasteiger partial charge in [-0.05, 0) is 49.2 Å². The Morgan fingerprint density at radius 1 is 0.577 bits per heavy atom. The van der Waals surface area contributed by atoms with Crippen LogP contribution in [0.15, 0.2) is 36.4 Å². The summed E-state index contributed by atoms with van der Waals surface area (Å²) in [6, 6.07) is 10.1. The van der Waals surface area contributed by atoms with Crippen molar-refractivity contribution < 1.29 is 19.2 Å². The third-order valence-corrected chi connectivity index (χ3v) is 4.91. The third kappa shape index (κ3) is 2.05. The Labute approximate surface area is 150 Å². The van der Waals surface area contributed by atoms with Crippen molar-refractivity contribution in [2.45, 2.75) is 13.8 Å². The Kier molecular flexibility index (Phi) is 3.50. The van der Waals surface area contributed by atoms with Gasteiger partial charge in [0.25, 0.3) is 23.6 Å². The lowest BCUT2D eigenvalue weighted by Gasteiger charge is -2.08. The van der Waals surface area contributed by atoms with E-state index in [1.807, 2.05) is 0 Å². The van der Waals surface area contributed by atoms with Crippen LogP contribution in [0.5, 0.6) is 0 Å². The molecule has 2 aliphatic rings. The molecule has 2 aromatic rings. The van der Waals surface area contributed by atoms with Gasteiger partial charge in [-0.1, -0.05) is 12.1 Å². The Balaban J connectivity index is 1.78. The maximum atomic E-state index is 12.4. The van der Waals surface area contributed by atoms with E-state index < -0.39 is 0 Å². The summed E-state index contributed by atoms with van der Waals surface area (Å²) in [5.74, 6) is -1.18. The molecule has 6 heteroatoms. The highest BCUT2D eigenvalue weighted by Gasteiger charge is 2.36. The summed E-state index contributed by atoms with van der Waals surface area (Å²) >= 11 is 0. The molecule has 0 radical (unpaired) electrons. The highest BCUT2D eigenvalue weighted by molar-refractivity contribution is 6.23. The summed E-state index contributed by atoms with van der Waals surface area (Å²) < 4.78 is 0. The Hall–Kier alpha value is -3.28. The van der Waals surface area contributed by atoms with Crippen LogP contribution in [0.4, 0.5) is 0 Å². The summed E-state index contributed by atoms with van der Waals surface area (Å²) in [4.78, 5) is 51.6. The van der Waals surface area contributed by atoms with Gasteiger partial charge in [0.2, 0.25) is 0 Å². The van der Waals surface area contributed by atoms with Crippen LogP contribution in [0.25, 0.3) is 11.1 Å². The van der Waals surface area contributed by atoms with Crippen LogP contribution in [0.3, 0.4) is 0 Å². The minimum absolute atomic E-state index is 0.285. The van der Waals surface area contributed by atoms with Gasteiger partial charge in [0.05, 0.1) is 22.3 Å². The second-order valence-electron chi connectivity index (χ2n) is 6.23. The fourth-order valence-corrected chi connectivity index (χ4v) is 3.51. The molecule has 0 bridgehead atoms. The first-order valence-corrected chi connectivity index (χ1v) is 8.48. The molecular weight excluding hydrogens is 332 g/mol. The first kappa shape index (κ1) is 16.2. The van der Waals surface area contributed by atoms with Crippen LogP contribution < -0.4 is 0 Å². The largest absolute Gasteiger partial charge is 0.275 e. The highest BCUT2D eigenvalue weighted by atomic mass is 16.2. The van der Waals surface area contributed by atoms with E-state index in [-0.39, 0.29) is 23.6 Å². The van der Waals surface area contributed by atoms with Gasteiger partial charge in [-0.25, -0.2) is 0 Å². The SMILES string of the molecule is CCN1C(=O)c2ccc(-c3ccc4c(c3)C(=O)N(CC)C4=O)cc2C1=O. The predicted octanol–water partition coefficient (Wildman–Crippen LogP) is 2.59. The second-order valence-corrected chi connectivity index (χ2v) is 6.23. The Bertz CT molecular complexity index is 927. The van der Waals surface area contributed by atoms with Gasteiger partial charge >= 0.3 is 0 Å². The number of carbonyl (C=O) groups is 4. The summed E-state index contributed by atoms with van der Waals surface area (Å²) in [6.07, 6.45) is 0. The molecule has 4 rings (SSSR count). The fraction of sp³-hybridized carbons (Fsp3) is 0.200. The molecule has 0 aromatic heterocycles.